The Bertz CT molecular complexity index is 200. The van der Waals surface area contributed by atoms with Crippen LogP contribution in [0.15, 0.2) is 0 Å². The lowest BCUT2D eigenvalue weighted by molar-refractivity contribution is 0.220. The fourth-order valence-corrected chi connectivity index (χ4v) is 3.80. The first-order chi connectivity index (χ1) is 10.7. The molecule has 0 aliphatic heterocycles. The molecule has 0 aromatic carbocycles. The average molecular weight is 328 g/mol. The molecule has 0 spiro atoms. The molecule has 0 saturated heterocycles. The maximum atomic E-state index is 2.38. The van der Waals surface area contributed by atoms with E-state index in [1.165, 1.54) is 109 Å². The minimum atomic E-state index is 0. The fourth-order valence-electron chi connectivity index (χ4n) is 3.80. The summed E-state index contributed by atoms with van der Waals surface area (Å²) in [6, 6.07) is 0. The van der Waals surface area contributed by atoms with E-state index in [0.717, 1.165) is 0 Å². The molecule has 0 rings (SSSR count). The molecule has 0 atom stereocenters. The molecule has 0 aromatic rings. The van der Waals surface area contributed by atoms with Crippen LogP contribution in [0.4, 0.5) is 0 Å². The number of unbranched alkanes of at least 4 members (excludes halogenated alkanes) is 12. The molecular weight excluding hydrogens is 278 g/mol. The summed E-state index contributed by atoms with van der Waals surface area (Å²) in [5.74, 6) is 0. The normalized spacial score (nSPS) is 11.5. The Morgan fingerprint density at radius 2 is 0.739 bits per heavy atom. The summed E-state index contributed by atoms with van der Waals surface area (Å²) in [7, 11) is 0. The predicted molar refractivity (Wildman–Crippen MR) is 109 cm³/mol. The zero-order valence-electron chi connectivity index (χ0n) is 17.2. The van der Waals surface area contributed by atoms with Crippen molar-refractivity contribution in [2.45, 2.75) is 137 Å². The minimum Gasteiger partial charge on any atom is -0.344 e. The third-order valence-electron chi connectivity index (χ3n) is 6.06. The second-order valence-corrected chi connectivity index (χ2v) is 7.55. The lowest BCUT2D eigenvalue weighted by Gasteiger charge is -2.30. The molecular formula is C22H49N. The molecule has 0 aromatic heterocycles. The van der Waals surface area contributed by atoms with E-state index >= 15 is 0 Å². The van der Waals surface area contributed by atoms with E-state index in [1.54, 1.807) is 0 Å². The van der Waals surface area contributed by atoms with E-state index in [9.17, 15) is 0 Å². The maximum absolute atomic E-state index is 2.38. The monoisotopic (exact) mass is 327 g/mol. The summed E-state index contributed by atoms with van der Waals surface area (Å²) in [6.07, 6.45) is 24.6. The summed E-state index contributed by atoms with van der Waals surface area (Å²) in [6.45, 7) is 9.45. The average Bonchev–Trinajstić information content (AvgIpc) is 2.56. The van der Waals surface area contributed by atoms with Crippen molar-refractivity contribution >= 4 is 0 Å². The molecule has 142 valence electrons. The van der Waals surface area contributed by atoms with E-state index in [1.807, 2.05) is 0 Å². The second-order valence-electron chi connectivity index (χ2n) is 7.55. The first kappa shape index (κ1) is 25.2. The molecule has 0 aliphatic carbocycles. The highest BCUT2D eigenvalue weighted by Gasteiger charge is 2.22. The van der Waals surface area contributed by atoms with Gasteiger partial charge in [0.25, 0.3) is 0 Å². The maximum Gasteiger partial charge on any atom is -0.0305 e. The molecule has 1 nitrogen and oxygen atoms in total. The van der Waals surface area contributed by atoms with Crippen molar-refractivity contribution in [3.8, 4) is 0 Å². The van der Waals surface area contributed by atoms with Gasteiger partial charge in [-0.1, -0.05) is 130 Å². The van der Waals surface area contributed by atoms with E-state index in [0.29, 0.717) is 5.41 Å². The van der Waals surface area contributed by atoms with E-state index in [4.69, 9.17) is 0 Å². The third-order valence-corrected chi connectivity index (χ3v) is 6.06. The van der Waals surface area contributed by atoms with E-state index < -0.39 is 0 Å². The van der Waals surface area contributed by atoms with E-state index in [-0.39, 0.29) is 6.15 Å². The topological polar surface area (TPSA) is 35.0 Å². The molecule has 1 heteroatoms. The van der Waals surface area contributed by atoms with Gasteiger partial charge in [0.05, 0.1) is 0 Å². The fraction of sp³-hybridized carbons (Fsp3) is 1.00. The molecule has 0 heterocycles. The van der Waals surface area contributed by atoms with Gasteiger partial charge in [-0.15, -0.1) is 0 Å². The molecule has 0 amide bonds. The molecule has 23 heavy (non-hydrogen) atoms. The van der Waals surface area contributed by atoms with Gasteiger partial charge in [0.2, 0.25) is 0 Å². The van der Waals surface area contributed by atoms with Gasteiger partial charge in [0, 0.05) is 0 Å². The molecule has 0 bridgehead atoms. The smallest absolute Gasteiger partial charge is 0.0305 e. The zero-order chi connectivity index (χ0) is 16.5. The standard InChI is InChI=1S/C22H46.H3N/c1-5-9-10-11-12-13-14-15-16-17-18-19-20-21-22(6-2,7-3)8-4;/h5-21H2,1-4H3;1H3. The largest absolute Gasteiger partial charge is 0.344 e. The Balaban J connectivity index is 0. The summed E-state index contributed by atoms with van der Waals surface area (Å²) < 4.78 is 0. The van der Waals surface area contributed by atoms with Gasteiger partial charge in [-0.3, -0.25) is 0 Å². The van der Waals surface area contributed by atoms with Crippen LogP contribution in [0.5, 0.6) is 0 Å². The van der Waals surface area contributed by atoms with Crippen LogP contribution in [0.2, 0.25) is 0 Å². The lowest BCUT2D eigenvalue weighted by atomic mass is 9.75. The first-order valence-corrected chi connectivity index (χ1v) is 10.7. The number of rotatable bonds is 17. The van der Waals surface area contributed by atoms with Crippen LogP contribution >= 0.6 is 0 Å². The number of hydrogen-bond acceptors (Lipinski definition) is 1. The summed E-state index contributed by atoms with van der Waals surface area (Å²) >= 11 is 0. The Hall–Kier alpha value is -0.0400. The van der Waals surface area contributed by atoms with Crippen LogP contribution in [0.3, 0.4) is 0 Å². The highest BCUT2D eigenvalue weighted by molar-refractivity contribution is 4.74. The summed E-state index contributed by atoms with van der Waals surface area (Å²) in [4.78, 5) is 0. The van der Waals surface area contributed by atoms with Gasteiger partial charge in [-0.05, 0) is 11.8 Å². The zero-order valence-corrected chi connectivity index (χ0v) is 17.2. The van der Waals surface area contributed by atoms with Crippen molar-refractivity contribution in [1.29, 1.82) is 0 Å². The Morgan fingerprint density at radius 3 is 1.04 bits per heavy atom. The van der Waals surface area contributed by atoms with E-state index in [2.05, 4.69) is 27.7 Å². The van der Waals surface area contributed by atoms with Gasteiger partial charge in [-0.2, -0.15) is 0 Å². The predicted octanol–water partition coefficient (Wildman–Crippen LogP) is 8.85. The Kier molecular flexibility index (Phi) is 20.1. The summed E-state index contributed by atoms with van der Waals surface area (Å²) in [5, 5.41) is 0. The lowest BCUT2D eigenvalue weighted by Crippen LogP contribution is -2.17. The summed E-state index contributed by atoms with van der Waals surface area (Å²) in [5.41, 5.74) is 0.664. The minimum absolute atomic E-state index is 0. The molecule has 0 fully saturated rings. The van der Waals surface area contributed by atoms with Crippen LogP contribution in [0.25, 0.3) is 0 Å². The third kappa shape index (κ3) is 14.0. The van der Waals surface area contributed by atoms with Gasteiger partial charge in [-0.25, -0.2) is 0 Å². The number of hydrogen-bond donors (Lipinski definition) is 1. The highest BCUT2D eigenvalue weighted by atomic mass is 14.3. The molecule has 0 saturated carbocycles. The van der Waals surface area contributed by atoms with Crippen molar-refractivity contribution in [2.75, 3.05) is 0 Å². The van der Waals surface area contributed by atoms with Crippen LogP contribution in [0, 0.1) is 5.41 Å². The second kappa shape index (κ2) is 18.3. The van der Waals surface area contributed by atoms with Crippen molar-refractivity contribution in [2.24, 2.45) is 5.41 Å². The van der Waals surface area contributed by atoms with Gasteiger partial charge >= 0.3 is 0 Å². The quantitative estimate of drug-likeness (QED) is 0.266. The van der Waals surface area contributed by atoms with Gasteiger partial charge < -0.3 is 6.15 Å². The molecule has 3 N–H and O–H groups in total. The Labute approximate surface area is 149 Å². The van der Waals surface area contributed by atoms with Gasteiger partial charge in [0.15, 0.2) is 0 Å². The SMILES string of the molecule is CCCCCCCCCCCCCCCC(CC)(CC)CC.N. The van der Waals surface area contributed by atoms with Crippen molar-refractivity contribution in [3.63, 3.8) is 0 Å². The highest BCUT2D eigenvalue weighted by Crippen LogP contribution is 2.36. The Morgan fingerprint density at radius 1 is 0.435 bits per heavy atom. The van der Waals surface area contributed by atoms with Crippen molar-refractivity contribution in [1.82, 2.24) is 6.15 Å². The van der Waals surface area contributed by atoms with Crippen LogP contribution in [-0.4, -0.2) is 0 Å². The molecule has 0 unspecified atom stereocenters. The van der Waals surface area contributed by atoms with Crippen LogP contribution in [-0.2, 0) is 0 Å². The van der Waals surface area contributed by atoms with Crippen LogP contribution < -0.4 is 6.15 Å². The molecule has 0 radical (unpaired) electrons. The van der Waals surface area contributed by atoms with Crippen molar-refractivity contribution < 1.29 is 0 Å². The van der Waals surface area contributed by atoms with Crippen molar-refractivity contribution in [3.05, 3.63) is 0 Å². The van der Waals surface area contributed by atoms with Crippen LogP contribution in [0.1, 0.15) is 137 Å². The first-order valence-electron chi connectivity index (χ1n) is 10.7. The molecule has 0 aliphatic rings. The van der Waals surface area contributed by atoms with Gasteiger partial charge in [0.1, 0.15) is 0 Å².